The molecule has 2 N–H and O–H groups in total. The second-order valence-corrected chi connectivity index (χ2v) is 10.6. The predicted molar refractivity (Wildman–Crippen MR) is 156 cm³/mol. The highest BCUT2D eigenvalue weighted by molar-refractivity contribution is 6.31. The van der Waals surface area contributed by atoms with Gasteiger partial charge in [-0.05, 0) is 61.1 Å². The Balaban J connectivity index is 1.40. The largest absolute Gasteiger partial charge is 0.508 e. The van der Waals surface area contributed by atoms with E-state index in [4.69, 9.17) is 20.8 Å². The number of hydrogen-bond acceptors (Lipinski definition) is 8. The van der Waals surface area contributed by atoms with E-state index in [9.17, 15) is 19.8 Å². The van der Waals surface area contributed by atoms with Crippen molar-refractivity contribution in [2.24, 2.45) is 0 Å². The van der Waals surface area contributed by atoms with Gasteiger partial charge in [0.25, 0.3) is 5.91 Å². The van der Waals surface area contributed by atoms with Crippen LogP contribution in [-0.2, 0) is 4.79 Å². The number of aliphatic hydroxyl groups excluding tert-OH is 1. The molecule has 10 heteroatoms. The third-order valence-electron chi connectivity index (χ3n) is 7.65. The number of ether oxygens (including phenoxy) is 1. The van der Waals surface area contributed by atoms with Crippen LogP contribution >= 0.6 is 11.6 Å². The Bertz CT molecular complexity index is 1670. The van der Waals surface area contributed by atoms with Crippen molar-refractivity contribution < 1.29 is 29.0 Å². The van der Waals surface area contributed by atoms with E-state index in [1.807, 2.05) is 24.3 Å². The smallest absolute Gasteiger partial charge is 0.294 e. The number of amides is 1. The molecule has 1 fully saturated rings. The number of furan rings is 1. The van der Waals surface area contributed by atoms with Crippen molar-refractivity contribution in [3.05, 3.63) is 94.4 Å². The minimum absolute atomic E-state index is 0.0310. The minimum Gasteiger partial charge on any atom is -0.508 e. The van der Waals surface area contributed by atoms with Crippen molar-refractivity contribution in [2.75, 3.05) is 50.1 Å². The molecule has 41 heavy (non-hydrogen) atoms. The van der Waals surface area contributed by atoms with Crippen LogP contribution in [-0.4, -0.2) is 67.1 Å². The van der Waals surface area contributed by atoms with Crippen molar-refractivity contribution in [1.82, 2.24) is 4.90 Å². The number of halogens is 1. The molecule has 1 amide bonds. The molecule has 3 heterocycles. The molecule has 6 rings (SSSR count). The maximum atomic E-state index is 13.9. The zero-order chi connectivity index (χ0) is 28.8. The number of carbonyl (C=O) groups is 2. The fourth-order valence-electron chi connectivity index (χ4n) is 5.45. The number of ketones is 1. The number of phenolic OH excluding ortho intramolecular Hbond substituents is 1. The molecule has 0 bridgehead atoms. The fourth-order valence-corrected chi connectivity index (χ4v) is 5.66. The van der Waals surface area contributed by atoms with E-state index >= 15 is 0 Å². The van der Waals surface area contributed by atoms with Crippen LogP contribution in [0.15, 0.2) is 82.5 Å². The average molecular weight is 574 g/mol. The van der Waals surface area contributed by atoms with E-state index in [0.717, 1.165) is 31.9 Å². The van der Waals surface area contributed by atoms with Crippen LogP contribution in [0.3, 0.4) is 0 Å². The zero-order valence-corrected chi connectivity index (χ0v) is 23.3. The van der Waals surface area contributed by atoms with Crippen LogP contribution in [0.1, 0.15) is 22.2 Å². The number of benzene rings is 3. The van der Waals surface area contributed by atoms with Gasteiger partial charge in [-0.3, -0.25) is 14.5 Å². The van der Waals surface area contributed by atoms with Crippen molar-refractivity contribution in [3.8, 4) is 11.5 Å². The molecule has 2 aliphatic heterocycles. The molecule has 0 aliphatic carbocycles. The van der Waals surface area contributed by atoms with Gasteiger partial charge >= 0.3 is 0 Å². The van der Waals surface area contributed by atoms with Crippen molar-refractivity contribution in [2.45, 2.75) is 6.04 Å². The Kier molecular flexibility index (Phi) is 6.84. The second kappa shape index (κ2) is 10.5. The number of hydrogen-bond donors (Lipinski definition) is 2. The van der Waals surface area contributed by atoms with Crippen LogP contribution in [0, 0.1) is 0 Å². The van der Waals surface area contributed by atoms with Gasteiger partial charge in [0.2, 0.25) is 5.78 Å². The van der Waals surface area contributed by atoms with Crippen LogP contribution in [0.5, 0.6) is 11.5 Å². The number of phenols is 1. The average Bonchev–Trinajstić information content (AvgIpc) is 3.52. The maximum Gasteiger partial charge on any atom is 0.294 e. The summed E-state index contributed by atoms with van der Waals surface area (Å²) >= 11 is 6.20. The summed E-state index contributed by atoms with van der Waals surface area (Å²) in [7, 11) is 3.56. The third-order valence-corrected chi connectivity index (χ3v) is 7.87. The SMILES string of the molecule is COc1cc(Cl)cc2cc(C(=O)C3=C(O)C(=O)N(c4ccc(N5CCN(C)CC5)cc4)C3c3ccc(O)cc3)oc12. The summed E-state index contributed by atoms with van der Waals surface area (Å²) in [6.07, 6.45) is 0. The first-order chi connectivity index (χ1) is 19.7. The van der Waals surface area contributed by atoms with Crippen LogP contribution in [0.4, 0.5) is 11.4 Å². The number of Topliss-reactive ketones (excluding diaryl/α,β-unsaturated/α-hetero) is 1. The summed E-state index contributed by atoms with van der Waals surface area (Å²) in [6.45, 7) is 3.70. The van der Waals surface area contributed by atoms with Crippen molar-refractivity contribution in [3.63, 3.8) is 0 Å². The molecule has 210 valence electrons. The lowest BCUT2D eigenvalue weighted by Gasteiger charge is -2.34. The summed E-state index contributed by atoms with van der Waals surface area (Å²) in [5, 5.41) is 22.0. The lowest BCUT2D eigenvalue weighted by atomic mass is 9.94. The third kappa shape index (κ3) is 4.77. The lowest BCUT2D eigenvalue weighted by molar-refractivity contribution is -0.117. The molecule has 1 atom stereocenters. The molecular formula is C31H28ClN3O6. The standard InChI is InChI=1S/C31H28ClN3O6/c1-33-11-13-34(14-12-33)21-5-7-22(8-6-21)35-27(18-3-9-23(36)10-4-18)26(29(38)31(35)39)28(37)24-16-19-15-20(32)17-25(40-2)30(19)41-24/h3-10,15-17,27,36,38H,11-14H2,1-2H3. The predicted octanol–water partition coefficient (Wildman–Crippen LogP) is 5.34. The highest BCUT2D eigenvalue weighted by Crippen LogP contribution is 2.43. The number of fused-ring (bicyclic) bond motifs is 1. The first-order valence-electron chi connectivity index (χ1n) is 13.2. The van der Waals surface area contributed by atoms with Crippen LogP contribution in [0.2, 0.25) is 5.02 Å². The Hall–Kier alpha value is -4.47. The number of methoxy groups -OCH3 is 1. The van der Waals surface area contributed by atoms with Gasteiger partial charge in [0, 0.05) is 54.0 Å². The van der Waals surface area contributed by atoms with Crippen molar-refractivity contribution >= 4 is 45.6 Å². The number of carbonyl (C=O) groups excluding carboxylic acids is 2. The van der Waals surface area contributed by atoms with Gasteiger partial charge in [-0.1, -0.05) is 23.7 Å². The van der Waals surface area contributed by atoms with E-state index in [1.54, 1.807) is 24.3 Å². The molecule has 4 aromatic rings. The van der Waals surface area contributed by atoms with Gasteiger partial charge in [0.15, 0.2) is 22.9 Å². The quantitative estimate of drug-likeness (QED) is 0.298. The Morgan fingerprint density at radius 2 is 1.61 bits per heavy atom. The van der Waals surface area contributed by atoms with Gasteiger partial charge in [0.05, 0.1) is 18.7 Å². The lowest BCUT2D eigenvalue weighted by Crippen LogP contribution is -2.44. The van der Waals surface area contributed by atoms with Crippen LogP contribution < -0.4 is 14.5 Å². The molecule has 1 saturated heterocycles. The molecule has 0 radical (unpaired) electrons. The monoisotopic (exact) mass is 573 g/mol. The van der Waals surface area contributed by atoms with Gasteiger partial charge in [-0.15, -0.1) is 0 Å². The van der Waals surface area contributed by atoms with E-state index in [2.05, 4.69) is 16.8 Å². The number of anilines is 2. The maximum absolute atomic E-state index is 13.9. The molecule has 0 spiro atoms. The van der Waals surface area contributed by atoms with Crippen LogP contribution in [0.25, 0.3) is 11.0 Å². The number of aromatic hydroxyl groups is 1. The topological polar surface area (TPSA) is 107 Å². The molecular weight excluding hydrogens is 546 g/mol. The number of piperazine rings is 1. The first-order valence-corrected chi connectivity index (χ1v) is 13.5. The summed E-state index contributed by atoms with van der Waals surface area (Å²) in [6, 6.07) is 17.4. The van der Waals surface area contributed by atoms with Gasteiger partial charge in [-0.2, -0.15) is 0 Å². The number of aliphatic hydroxyl groups is 1. The van der Waals surface area contributed by atoms with Gasteiger partial charge in [-0.25, -0.2) is 0 Å². The van der Waals surface area contributed by atoms with Gasteiger partial charge in [0.1, 0.15) is 5.75 Å². The minimum atomic E-state index is -0.969. The summed E-state index contributed by atoms with van der Waals surface area (Å²) in [5.41, 5.74) is 2.26. The zero-order valence-electron chi connectivity index (χ0n) is 22.5. The fraction of sp³-hybridized carbons (Fsp3) is 0.226. The first kappa shape index (κ1) is 26.7. The molecule has 1 aromatic heterocycles. The summed E-state index contributed by atoms with van der Waals surface area (Å²) in [5.74, 6) is -1.73. The van der Waals surface area contributed by atoms with E-state index in [0.29, 0.717) is 33.0 Å². The molecule has 0 saturated carbocycles. The van der Waals surface area contributed by atoms with Gasteiger partial charge < -0.3 is 29.2 Å². The summed E-state index contributed by atoms with van der Waals surface area (Å²) < 4.78 is 11.2. The highest BCUT2D eigenvalue weighted by Gasteiger charge is 2.45. The Morgan fingerprint density at radius 3 is 2.27 bits per heavy atom. The highest BCUT2D eigenvalue weighted by atomic mass is 35.5. The summed E-state index contributed by atoms with van der Waals surface area (Å²) in [4.78, 5) is 33.5. The number of likely N-dealkylation sites (N-methyl/N-ethyl adjacent to an activating group) is 1. The normalized spacial score (nSPS) is 18.0. The van der Waals surface area contributed by atoms with E-state index in [1.165, 1.54) is 30.2 Å². The van der Waals surface area contributed by atoms with E-state index < -0.39 is 23.5 Å². The van der Waals surface area contributed by atoms with E-state index in [-0.39, 0.29) is 17.1 Å². The second-order valence-electron chi connectivity index (χ2n) is 10.2. The Morgan fingerprint density at radius 1 is 0.951 bits per heavy atom. The molecule has 2 aliphatic rings. The number of rotatable bonds is 6. The number of nitrogens with zero attached hydrogens (tertiary/aromatic N) is 3. The molecule has 3 aromatic carbocycles. The molecule has 9 nitrogen and oxygen atoms in total. The molecule has 1 unspecified atom stereocenters. The Labute approximate surface area is 241 Å². The van der Waals surface area contributed by atoms with Crippen molar-refractivity contribution in [1.29, 1.82) is 0 Å².